The smallest absolute Gasteiger partial charge is 0.124 e. The fourth-order valence-electron chi connectivity index (χ4n) is 2.39. The molecular formula is C15H22ClFO. The van der Waals surface area contributed by atoms with E-state index < -0.39 is 6.10 Å². The van der Waals surface area contributed by atoms with Crippen LogP contribution in [-0.4, -0.2) is 11.2 Å². The first-order valence-electron chi connectivity index (χ1n) is 6.50. The van der Waals surface area contributed by atoms with E-state index in [1.54, 1.807) is 6.07 Å². The average molecular weight is 273 g/mol. The molecule has 0 aromatic heterocycles. The molecule has 18 heavy (non-hydrogen) atoms. The number of aliphatic hydroxyl groups excluding tert-OH is 1. The molecular weight excluding hydrogens is 251 g/mol. The van der Waals surface area contributed by atoms with Gasteiger partial charge < -0.3 is 5.11 Å². The number of hydrogen-bond acceptors (Lipinski definition) is 1. The predicted molar refractivity (Wildman–Crippen MR) is 74.4 cm³/mol. The maximum atomic E-state index is 12.9. The molecule has 2 atom stereocenters. The van der Waals surface area contributed by atoms with Gasteiger partial charge in [-0.2, -0.15) is 0 Å². The third-order valence-electron chi connectivity index (χ3n) is 3.02. The van der Waals surface area contributed by atoms with E-state index in [1.807, 2.05) is 0 Å². The maximum Gasteiger partial charge on any atom is 0.124 e. The van der Waals surface area contributed by atoms with Crippen LogP contribution in [0.1, 0.15) is 39.2 Å². The lowest BCUT2D eigenvalue weighted by Crippen LogP contribution is -2.16. The molecule has 0 spiro atoms. The summed E-state index contributed by atoms with van der Waals surface area (Å²) in [5, 5.41) is 10.4. The summed E-state index contributed by atoms with van der Waals surface area (Å²) in [5.74, 6) is 0.784. The van der Waals surface area contributed by atoms with Crippen molar-refractivity contribution in [2.45, 2.75) is 46.1 Å². The SMILES string of the molecule is CC(C)CC(C)CC(O)Cc1ccc(F)cc1Cl. The number of aliphatic hydroxyl groups is 1. The Labute approximate surface area is 114 Å². The van der Waals surface area contributed by atoms with Gasteiger partial charge in [0.15, 0.2) is 0 Å². The Morgan fingerprint density at radius 3 is 2.44 bits per heavy atom. The first kappa shape index (κ1) is 15.5. The van der Waals surface area contributed by atoms with Gasteiger partial charge >= 0.3 is 0 Å². The third-order valence-corrected chi connectivity index (χ3v) is 3.37. The Hall–Kier alpha value is -0.600. The van der Waals surface area contributed by atoms with Gasteiger partial charge in [-0.1, -0.05) is 38.4 Å². The van der Waals surface area contributed by atoms with Crippen LogP contribution in [0.25, 0.3) is 0 Å². The summed E-state index contributed by atoms with van der Waals surface area (Å²) in [4.78, 5) is 0. The van der Waals surface area contributed by atoms with Crippen molar-refractivity contribution in [2.75, 3.05) is 0 Å². The Kier molecular flexibility index (Phi) is 6.10. The normalized spacial score (nSPS) is 14.8. The number of halogens is 2. The van der Waals surface area contributed by atoms with E-state index in [0.717, 1.165) is 18.4 Å². The van der Waals surface area contributed by atoms with Gasteiger partial charge in [0.25, 0.3) is 0 Å². The van der Waals surface area contributed by atoms with E-state index in [0.29, 0.717) is 23.3 Å². The van der Waals surface area contributed by atoms with Crippen LogP contribution in [0.3, 0.4) is 0 Å². The van der Waals surface area contributed by atoms with E-state index >= 15 is 0 Å². The standard InChI is InChI=1S/C15H22ClFO/c1-10(2)6-11(3)7-14(18)8-12-4-5-13(17)9-15(12)16/h4-5,9-11,14,18H,6-8H2,1-3H3. The third kappa shape index (κ3) is 5.36. The molecule has 102 valence electrons. The van der Waals surface area contributed by atoms with Crippen molar-refractivity contribution in [3.8, 4) is 0 Å². The first-order valence-corrected chi connectivity index (χ1v) is 6.88. The zero-order valence-electron chi connectivity index (χ0n) is 11.3. The van der Waals surface area contributed by atoms with Crippen LogP contribution < -0.4 is 0 Å². The summed E-state index contributed by atoms with van der Waals surface area (Å²) < 4.78 is 12.9. The Bertz CT molecular complexity index is 379. The summed E-state index contributed by atoms with van der Waals surface area (Å²) in [6, 6.07) is 4.32. The molecule has 1 aromatic carbocycles. The molecule has 1 rings (SSSR count). The van der Waals surface area contributed by atoms with E-state index in [-0.39, 0.29) is 5.82 Å². The van der Waals surface area contributed by atoms with Crippen LogP contribution in [0.2, 0.25) is 5.02 Å². The summed E-state index contributed by atoms with van der Waals surface area (Å²) in [5.41, 5.74) is 0.808. The van der Waals surface area contributed by atoms with E-state index in [2.05, 4.69) is 20.8 Å². The molecule has 0 bridgehead atoms. The van der Waals surface area contributed by atoms with Gasteiger partial charge in [-0.05, 0) is 48.8 Å². The first-order chi connectivity index (χ1) is 8.38. The van der Waals surface area contributed by atoms with Crippen molar-refractivity contribution < 1.29 is 9.50 Å². The molecule has 0 saturated carbocycles. The second kappa shape index (κ2) is 7.10. The van der Waals surface area contributed by atoms with Crippen LogP contribution in [0.5, 0.6) is 0 Å². The molecule has 1 N–H and O–H groups in total. The molecule has 1 aromatic rings. The van der Waals surface area contributed by atoms with Gasteiger partial charge in [0.05, 0.1) is 6.10 Å². The molecule has 0 heterocycles. The van der Waals surface area contributed by atoms with Crippen molar-refractivity contribution in [3.63, 3.8) is 0 Å². The van der Waals surface area contributed by atoms with Gasteiger partial charge in [-0.25, -0.2) is 4.39 Å². The lowest BCUT2D eigenvalue weighted by Gasteiger charge is -2.18. The zero-order chi connectivity index (χ0) is 13.7. The number of hydrogen-bond donors (Lipinski definition) is 1. The Morgan fingerprint density at radius 1 is 1.22 bits per heavy atom. The van der Waals surface area contributed by atoms with Gasteiger partial charge in [-0.15, -0.1) is 0 Å². The quantitative estimate of drug-likeness (QED) is 0.811. The highest BCUT2D eigenvalue weighted by Crippen LogP contribution is 2.22. The molecule has 0 aliphatic heterocycles. The van der Waals surface area contributed by atoms with Gasteiger partial charge in [-0.3, -0.25) is 0 Å². The summed E-state index contributed by atoms with van der Waals surface area (Å²) in [6.07, 6.45) is 1.93. The molecule has 3 heteroatoms. The summed E-state index contributed by atoms with van der Waals surface area (Å²) in [7, 11) is 0. The van der Waals surface area contributed by atoms with Crippen LogP contribution in [0.4, 0.5) is 4.39 Å². The van der Waals surface area contributed by atoms with Crippen LogP contribution in [0.15, 0.2) is 18.2 Å². The molecule has 0 radical (unpaired) electrons. The molecule has 0 fully saturated rings. The fraction of sp³-hybridized carbons (Fsp3) is 0.600. The Balaban J connectivity index is 2.51. The topological polar surface area (TPSA) is 20.2 Å². The minimum absolute atomic E-state index is 0.341. The maximum absolute atomic E-state index is 12.9. The van der Waals surface area contributed by atoms with Gasteiger partial charge in [0.1, 0.15) is 5.82 Å². The summed E-state index contributed by atoms with van der Waals surface area (Å²) >= 11 is 5.94. The molecule has 0 aliphatic carbocycles. The van der Waals surface area contributed by atoms with E-state index in [1.165, 1.54) is 12.1 Å². The van der Waals surface area contributed by atoms with Crippen LogP contribution in [0, 0.1) is 17.7 Å². The molecule has 2 unspecified atom stereocenters. The van der Waals surface area contributed by atoms with Crippen molar-refractivity contribution in [2.24, 2.45) is 11.8 Å². The van der Waals surface area contributed by atoms with Crippen molar-refractivity contribution in [1.29, 1.82) is 0 Å². The second-order valence-electron chi connectivity index (χ2n) is 5.56. The van der Waals surface area contributed by atoms with E-state index in [9.17, 15) is 9.50 Å². The molecule has 0 saturated heterocycles. The molecule has 1 nitrogen and oxygen atoms in total. The monoisotopic (exact) mass is 272 g/mol. The fourth-order valence-corrected chi connectivity index (χ4v) is 2.63. The predicted octanol–water partition coefficient (Wildman–Crippen LogP) is 4.45. The minimum atomic E-state index is -0.415. The summed E-state index contributed by atoms with van der Waals surface area (Å²) in [6.45, 7) is 6.51. The average Bonchev–Trinajstić information content (AvgIpc) is 2.20. The van der Waals surface area contributed by atoms with Gasteiger partial charge in [0.2, 0.25) is 0 Å². The molecule has 0 aliphatic rings. The number of benzene rings is 1. The number of rotatable bonds is 6. The lowest BCUT2D eigenvalue weighted by atomic mass is 9.91. The van der Waals surface area contributed by atoms with Crippen LogP contribution in [-0.2, 0) is 6.42 Å². The zero-order valence-corrected chi connectivity index (χ0v) is 12.0. The van der Waals surface area contributed by atoms with Crippen LogP contribution >= 0.6 is 11.6 Å². The molecule has 0 amide bonds. The van der Waals surface area contributed by atoms with Crippen molar-refractivity contribution in [1.82, 2.24) is 0 Å². The van der Waals surface area contributed by atoms with Crippen molar-refractivity contribution in [3.05, 3.63) is 34.6 Å². The van der Waals surface area contributed by atoms with Gasteiger partial charge in [0, 0.05) is 5.02 Å². The highest BCUT2D eigenvalue weighted by molar-refractivity contribution is 6.31. The van der Waals surface area contributed by atoms with E-state index in [4.69, 9.17) is 11.6 Å². The highest BCUT2D eigenvalue weighted by Gasteiger charge is 2.14. The highest BCUT2D eigenvalue weighted by atomic mass is 35.5. The second-order valence-corrected chi connectivity index (χ2v) is 5.97. The largest absolute Gasteiger partial charge is 0.393 e. The lowest BCUT2D eigenvalue weighted by molar-refractivity contribution is 0.140. The van der Waals surface area contributed by atoms with Crippen molar-refractivity contribution >= 4 is 11.6 Å². The Morgan fingerprint density at radius 2 is 1.89 bits per heavy atom. The minimum Gasteiger partial charge on any atom is -0.393 e.